The van der Waals surface area contributed by atoms with Crippen molar-refractivity contribution >= 4 is 23.9 Å². The van der Waals surface area contributed by atoms with Crippen molar-refractivity contribution in [1.29, 1.82) is 0 Å². The molecule has 0 aromatic rings. The molecule has 0 saturated carbocycles. The molecule has 0 aliphatic carbocycles. The summed E-state index contributed by atoms with van der Waals surface area (Å²) < 4.78 is 18.1. The number of carbonyl (C=O) groups is 4. The fourth-order valence-corrected chi connectivity index (χ4v) is 1.46. The maximum absolute atomic E-state index is 11.9. The predicted octanol–water partition coefficient (Wildman–Crippen LogP) is -0.270. The summed E-state index contributed by atoms with van der Waals surface area (Å²) in [7, 11) is 2.11. The van der Waals surface area contributed by atoms with E-state index in [4.69, 9.17) is 4.74 Å². The lowest BCUT2D eigenvalue weighted by atomic mass is 9.95. The molecular formula is C14H22O9. The van der Waals surface area contributed by atoms with Crippen molar-refractivity contribution < 1.29 is 43.2 Å². The lowest BCUT2D eigenvalue weighted by molar-refractivity contribution is -0.180. The SMILES string of the molecule is CCCCOC(=O)COC(=O)C(O)(CC(=O)OC)CC(=O)OC. The Balaban J connectivity index is 4.70. The van der Waals surface area contributed by atoms with Crippen LogP contribution >= 0.6 is 0 Å². The van der Waals surface area contributed by atoms with Crippen LogP contribution in [0.5, 0.6) is 0 Å². The number of rotatable bonds is 10. The maximum Gasteiger partial charge on any atom is 0.344 e. The second kappa shape index (κ2) is 10.5. The molecule has 0 aromatic heterocycles. The van der Waals surface area contributed by atoms with Crippen LogP contribution in [-0.4, -0.2) is 62.0 Å². The van der Waals surface area contributed by atoms with Crippen LogP contribution in [0, 0.1) is 0 Å². The summed E-state index contributed by atoms with van der Waals surface area (Å²) in [6.07, 6.45) is -0.149. The molecule has 0 heterocycles. The molecule has 0 aromatic carbocycles. The second-order valence-electron chi connectivity index (χ2n) is 4.69. The molecule has 0 bridgehead atoms. The Morgan fingerprint density at radius 2 is 1.43 bits per heavy atom. The number of ether oxygens (including phenoxy) is 4. The third-order valence-corrected chi connectivity index (χ3v) is 2.79. The first-order chi connectivity index (χ1) is 10.8. The molecule has 23 heavy (non-hydrogen) atoms. The van der Waals surface area contributed by atoms with Crippen LogP contribution in [-0.2, 0) is 38.1 Å². The monoisotopic (exact) mass is 334 g/mol. The van der Waals surface area contributed by atoms with Gasteiger partial charge in [0.25, 0.3) is 0 Å². The number of esters is 4. The lowest BCUT2D eigenvalue weighted by Crippen LogP contribution is -2.45. The topological polar surface area (TPSA) is 125 Å². The predicted molar refractivity (Wildman–Crippen MR) is 75.0 cm³/mol. The first-order valence-electron chi connectivity index (χ1n) is 6.98. The third kappa shape index (κ3) is 8.15. The molecule has 0 unspecified atom stereocenters. The van der Waals surface area contributed by atoms with Gasteiger partial charge in [0.15, 0.2) is 12.2 Å². The van der Waals surface area contributed by atoms with Crippen LogP contribution in [0.3, 0.4) is 0 Å². The Kier molecular flexibility index (Phi) is 9.56. The van der Waals surface area contributed by atoms with Crippen LogP contribution < -0.4 is 0 Å². The highest BCUT2D eigenvalue weighted by Gasteiger charge is 2.43. The minimum atomic E-state index is -2.48. The Morgan fingerprint density at radius 3 is 1.87 bits per heavy atom. The van der Waals surface area contributed by atoms with Crippen LogP contribution in [0.1, 0.15) is 32.6 Å². The number of unbranched alkanes of at least 4 members (excludes halogenated alkanes) is 1. The minimum Gasteiger partial charge on any atom is -0.469 e. The van der Waals surface area contributed by atoms with E-state index in [0.29, 0.717) is 6.42 Å². The summed E-state index contributed by atoms with van der Waals surface area (Å²) >= 11 is 0. The molecule has 0 amide bonds. The highest BCUT2D eigenvalue weighted by atomic mass is 16.6. The molecule has 9 heteroatoms. The second-order valence-corrected chi connectivity index (χ2v) is 4.69. The molecule has 0 atom stereocenters. The first-order valence-corrected chi connectivity index (χ1v) is 6.98. The van der Waals surface area contributed by atoms with Gasteiger partial charge >= 0.3 is 23.9 Å². The van der Waals surface area contributed by atoms with E-state index < -0.39 is 48.9 Å². The van der Waals surface area contributed by atoms with Gasteiger partial charge in [-0.1, -0.05) is 13.3 Å². The molecule has 0 spiro atoms. The highest BCUT2D eigenvalue weighted by Crippen LogP contribution is 2.19. The average molecular weight is 334 g/mol. The molecule has 0 aliphatic rings. The highest BCUT2D eigenvalue weighted by molar-refractivity contribution is 5.90. The molecule has 132 valence electrons. The van der Waals surface area contributed by atoms with Gasteiger partial charge in [0, 0.05) is 0 Å². The van der Waals surface area contributed by atoms with Crippen molar-refractivity contribution in [3.8, 4) is 0 Å². The standard InChI is InChI=1S/C14H22O9/c1-4-5-6-22-12(17)9-23-13(18)14(19,7-10(15)20-2)8-11(16)21-3/h19H,4-9H2,1-3H3. The fourth-order valence-electron chi connectivity index (χ4n) is 1.46. The quantitative estimate of drug-likeness (QED) is 0.326. The van der Waals surface area contributed by atoms with E-state index in [9.17, 15) is 24.3 Å². The van der Waals surface area contributed by atoms with E-state index in [-0.39, 0.29) is 6.61 Å². The van der Waals surface area contributed by atoms with Crippen molar-refractivity contribution in [3.63, 3.8) is 0 Å². The molecule has 0 rings (SSSR count). The summed E-state index contributed by atoms with van der Waals surface area (Å²) in [5.41, 5.74) is -2.48. The minimum absolute atomic E-state index is 0.182. The molecule has 0 aliphatic heterocycles. The number of carbonyl (C=O) groups excluding carboxylic acids is 4. The Hall–Kier alpha value is -2.16. The van der Waals surface area contributed by atoms with E-state index in [1.165, 1.54) is 0 Å². The molecule has 1 N–H and O–H groups in total. The van der Waals surface area contributed by atoms with Gasteiger partial charge in [-0.25, -0.2) is 9.59 Å². The van der Waals surface area contributed by atoms with Gasteiger partial charge < -0.3 is 24.1 Å². The number of hydrogen-bond donors (Lipinski definition) is 1. The number of aliphatic hydroxyl groups is 1. The van der Waals surface area contributed by atoms with Crippen molar-refractivity contribution in [1.82, 2.24) is 0 Å². The number of methoxy groups -OCH3 is 2. The smallest absolute Gasteiger partial charge is 0.344 e. The van der Waals surface area contributed by atoms with E-state index in [2.05, 4.69) is 14.2 Å². The summed E-state index contributed by atoms with van der Waals surface area (Å²) in [5.74, 6) is -3.98. The molecule has 9 nitrogen and oxygen atoms in total. The van der Waals surface area contributed by atoms with Crippen LogP contribution in [0.25, 0.3) is 0 Å². The van der Waals surface area contributed by atoms with Crippen LogP contribution in [0.2, 0.25) is 0 Å². The Labute approximate surface area is 133 Å². The zero-order valence-electron chi connectivity index (χ0n) is 13.5. The Morgan fingerprint density at radius 1 is 0.913 bits per heavy atom. The maximum atomic E-state index is 11.9. The molecule has 0 radical (unpaired) electrons. The summed E-state index contributed by atoms with van der Waals surface area (Å²) in [6.45, 7) is 1.35. The normalized spacial score (nSPS) is 10.6. The largest absolute Gasteiger partial charge is 0.469 e. The summed E-state index contributed by atoms with van der Waals surface area (Å²) in [6, 6.07) is 0. The third-order valence-electron chi connectivity index (χ3n) is 2.79. The van der Waals surface area contributed by atoms with Crippen molar-refractivity contribution in [2.75, 3.05) is 27.4 Å². The van der Waals surface area contributed by atoms with Crippen molar-refractivity contribution in [3.05, 3.63) is 0 Å². The summed E-state index contributed by atoms with van der Waals surface area (Å²) in [4.78, 5) is 45.8. The van der Waals surface area contributed by atoms with E-state index in [1.54, 1.807) is 0 Å². The van der Waals surface area contributed by atoms with Gasteiger partial charge in [-0.3, -0.25) is 9.59 Å². The number of hydrogen-bond acceptors (Lipinski definition) is 9. The molecular weight excluding hydrogens is 312 g/mol. The average Bonchev–Trinajstić information content (AvgIpc) is 2.52. The van der Waals surface area contributed by atoms with Gasteiger partial charge in [0.1, 0.15) is 0 Å². The lowest BCUT2D eigenvalue weighted by Gasteiger charge is -2.23. The van der Waals surface area contributed by atoms with Gasteiger partial charge in [0.05, 0.1) is 33.7 Å². The Bertz CT molecular complexity index is 412. The van der Waals surface area contributed by atoms with Crippen molar-refractivity contribution in [2.45, 2.75) is 38.2 Å². The van der Waals surface area contributed by atoms with Crippen LogP contribution in [0.4, 0.5) is 0 Å². The van der Waals surface area contributed by atoms with Gasteiger partial charge in [-0.2, -0.15) is 0 Å². The van der Waals surface area contributed by atoms with E-state index >= 15 is 0 Å². The summed E-state index contributed by atoms with van der Waals surface area (Å²) in [5, 5.41) is 10.2. The van der Waals surface area contributed by atoms with Gasteiger partial charge in [-0.05, 0) is 6.42 Å². The van der Waals surface area contributed by atoms with Gasteiger partial charge in [0.2, 0.25) is 0 Å². The molecule has 0 saturated heterocycles. The molecule has 0 fully saturated rings. The van der Waals surface area contributed by atoms with E-state index in [1.807, 2.05) is 6.92 Å². The zero-order valence-corrected chi connectivity index (χ0v) is 13.5. The van der Waals surface area contributed by atoms with E-state index in [0.717, 1.165) is 20.6 Å². The van der Waals surface area contributed by atoms with Crippen molar-refractivity contribution in [2.24, 2.45) is 0 Å². The van der Waals surface area contributed by atoms with Crippen LogP contribution in [0.15, 0.2) is 0 Å². The fraction of sp³-hybridized carbons (Fsp3) is 0.714. The van der Waals surface area contributed by atoms with Gasteiger partial charge in [-0.15, -0.1) is 0 Å². The zero-order chi connectivity index (χ0) is 17.9. The first kappa shape index (κ1) is 20.8.